The zero-order valence-electron chi connectivity index (χ0n) is 8.17. The molecule has 0 fully saturated rings. The Morgan fingerprint density at radius 2 is 2.14 bits per heavy atom. The van der Waals surface area contributed by atoms with Gasteiger partial charge in [-0.15, -0.1) is 11.8 Å². The van der Waals surface area contributed by atoms with E-state index in [0.717, 1.165) is 10.5 Å². The normalized spacial score (nSPS) is 10.6. The highest BCUT2D eigenvalue weighted by Crippen LogP contribution is 2.29. The Hall–Kier alpha value is -0.670. The van der Waals surface area contributed by atoms with Crippen molar-refractivity contribution in [1.82, 2.24) is 0 Å². The first-order chi connectivity index (χ1) is 6.50. The average molecular weight is 229 g/mol. The molecule has 76 valence electrons. The molecule has 0 aromatic heterocycles. The minimum atomic E-state index is 0.0878. The maximum atomic E-state index is 7.41. The van der Waals surface area contributed by atoms with E-state index < -0.39 is 0 Å². The number of benzene rings is 1. The summed E-state index contributed by atoms with van der Waals surface area (Å²) in [6, 6.07) is 5.39. The molecule has 2 nitrogen and oxygen atoms in total. The number of nitrogens with one attached hydrogen (secondary N) is 1. The summed E-state index contributed by atoms with van der Waals surface area (Å²) in [6.07, 6.45) is 0. The second-order valence-electron chi connectivity index (χ2n) is 3.22. The van der Waals surface area contributed by atoms with Crippen molar-refractivity contribution >= 4 is 29.2 Å². The molecule has 3 N–H and O–H groups in total. The van der Waals surface area contributed by atoms with E-state index in [1.807, 2.05) is 6.07 Å². The van der Waals surface area contributed by atoms with Crippen LogP contribution in [0.2, 0.25) is 5.02 Å². The van der Waals surface area contributed by atoms with E-state index in [4.69, 9.17) is 22.7 Å². The van der Waals surface area contributed by atoms with Crippen LogP contribution in [0.15, 0.2) is 23.1 Å². The zero-order valence-corrected chi connectivity index (χ0v) is 9.75. The molecule has 1 aromatic carbocycles. The molecule has 0 amide bonds. The van der Waals surface area contributed by atoms with Gasteiger partial charge in [-0.2, -0.15) is 0 Å². The predicted molar refractivity (Wildman–Crippen MR) is 63.5 cm³/mol. The van der Waals surface area contributed by atoms with Crippen molar-refractivity contribution < 1.29 is 0 Å². The monoisotopic (exact) mass is 228 g/mol. The smallest absolute Gasteiger partial charge is 0.123 e. The molecule has 0 heterocycles. The van der Waals surface area contributed by atoms with E-state index in [9.17, 15) is 0 Å². The Kier molecular flexibility index (Phi) is 3.84. The minimum absolute atomic E-state index is 0.0878. The maximum Gasteiger partial charge on any atom is 0.123 e. The molecule has 0 atom stereocenters. The van der Waals surface area contributed by atoms with Gasteiger partial charge in [0.2, 0.25) is 0 Å². The van der Waals surface area contributed by atoms with Crippen LogP contribution in [0.3, 0.4) is 0 Å². The SMILES string of the molecule is CC(C)Sc1cc(Cl)ccc1C(=N)N. The van der Waals surface area contributed by atoms with E-state index in [1.54, 1.807) is 23.9 Å². The standard InChI is InChI=1S/C10H13ClN2S/c1-6(2)14-9-5-7(11)3-4-8(9)10(12)13/h3-6H,1-2H3,(H3,12,13). The van der Waals surface area contributed by atoms with Gasteiger partial charge in [0.05, 0.1) is 0 Å². The van der Waals surface area contributed by atoms with Crippen molar-refractivity contribution in [1.29, 1.82) is 5.41 Å². The minimum Gasteiger partial charge on any atom is -0.384 e. The Balaban J connectivity index is 3.09. The van der Waals surface area contributed by atoms with Gasteiger partial charge < -0.3 is 5.73 Å². The first kappa shape index (κ1) is 11.4. The van der Waals surface area contributed by atoms with Crippen LogP contribution >= 0.6 is 23.4 Å². The summed E-state index contributed by atoms with van der Waals surface area (Å²) in [7, 11) is 0. The third-order valence-corrected chi connectivity index (χ3v) is 2.89. The molecule has 0 unspecified atom stereocenters. The summed E-state index contributed by atoms with van der Waals surface area (Å²) in [4.78, 5) is 0.972. The lowest BCUT2D eigenvalue weighted by Gasteiger charge is -2.10. The van der Waals surface area contributed by atoms with Gasteiger partial charge >= 0.3 is 0 Å². The van der Waals surface area contributed by atoms with Crippen molar-refractivity contribution in [3.05, 3.63) is 28.8 Å². The molecule has 0 saturated carbocycles. The van der Waals surface area contributed by atoms with Crippen LogP contribution in [0.1, 0.15) is 19.4 Å². The van der Waals surface area contributed by atoms with Gasteiger partial charge in [-0.1, -0.05) is 25.4 Å². The molecular weight excluding hydrogens is 216 g/mol. The summed E-state index contributed by atoms with van der Waals surface area (Å²) >= 11 is 7.54. The Bertz CT molecular complexity index is 350. The van der Waals surface area contributed by atoms with Gasteiger partial charge in [0, 0.05) is 20.7 Å². The number of thioether (sulfide) groups is 1. The first-order valence-electron chi connectivity index (χ1n) is 4.31. The Morgan fingerprint density at radius 3 is 2.64 bits per heavy atom. The number of hydrogen-bond acceptors (Lipinski definition) is 2. The summed E-state index contributed by atoms with van der Waals surface area (Å²) in [6.45, 7) is 4.19. The lowest BCUT2D eigenvalue weighted by Crippen LogP contribution is -2.12. The van der Waals surface area contributed by atoms with Crippen LogP contribution in [0.5, 0.6) is 0 Å². The molecule has 14 heavy (non-hydrogen) atoms. The summed E-state index contributed by atoms with van der Waals surface area (Å²) in [5.41, 5.74) is 6.22. The van der Waals surface area contributed by atoms with Crippen molar-refractivity contribution in [2.75, 3.05) is 0 Å². The molecule has 0 saturated heterocycles. The molecule has 1 aromatic rings. The van der Waals surface area contributed by atoms with E-state index in [2.05, 4.69) is 13.8 Å². The van der Waals surface area contributed by atoms with Gasteiger partial charge in [0.1, 0.15) is 5.84 Å². The van der Waals surface area contributed by atoms with Gasteiger partial charge in [0.25, 0.3) is 0 Å². The molecule has 0 aliphatic carbocycles. The third-order valence-electron chi connectivity index (χ3n) is 1.60. The van der Waals surface area contributed by atoms with Crippen LogP contribution in [0, 0.1) is 5.41 Å². The topological polar surface area (TPSA) is 49.9 Å². The molecular formula is C10H13ClN2S. The highest BCUT2D eigenvalue weighted by atomic mass is 35.5. The first-order valence-corrected chi connectivity index (χ1v) is 5.57. The number of amidine groups is 1. The molecule has 4 heteroatoms. The third kappa shape index (κ3) is 2.93. The van der Waals surface area contributed by atoms with Crippen molar-refractivity contribution in [3.8, 4) is 0 Å². The second kappa shape index (κ2) is 4.71. The highest BCUT2D eigenvalue weighted by molar-refractivity contribution is 8.00. The van der Waals surface area contributed by atoms with Crippen LogP contribution in [0.4, 0.5) is 0 Å². The summed E-state index contributed by atoms with van der Waals surface area (Å²) < 4.78 is 0. The fourth-order valence-corrected chi connectivity index (χ4v) is 2.31. The zero-order chi connectivity index (χ0) is 10.7. The number of hydrogen-bond donors (Lipinski definition) is 2. The molecule has 0 aliphatic heterocycles. The summed E-state index contributed by atoms with van der Waals surface area (Å²) in [5, 5.41) is 8.54. The maximum absolute atomic E-state index is 7.41. The van der Waals surface area contributed by atoms with E-state index in [0.29, 0.717) is 10.3 Å². The van der Waals surface area contributed by atoms with E-state index in [-0.39, 0.29) is 5.84 Å². The molecule has 0 spiro atoms. The molecule has 0 radical (unpaired) electrons. The number of rotatable bonds is 3. The van der Waals surface area contributed by atoms with Gasteiger partial charge in [-0.25, -0.2) is 0 Å². The largest absolute Gasteiger partial charge is 0.384 e. The molecule has 1 rings (SSSR count). The Labute approximate surface area is 93.3 Å². The quantitative estimate of drug-likeness (QED) is 0.475. The van der Waals surface area contributed by atoms with Crippen LogP contribution in [-0.4, -0.2) is 11.1 Å². The lowest BCUT2D eigenvalue weighted by atomic mass is 10.2. The molecule has 0 aliphatic rings. The summed E-state index contributed by atoms with van der Waals surface area (Å²) in [5.74, 6) is 0.0878. The van der Waals surface area contributed by atoms with E-state index in [1.165, 1.54) is 0 Å². The fourth-order valence-electron chi connectivity index (χ4n) is 1.07. The number of halogens is 1. The van der Waals surface area contributed by atoms with Gasteiger partial charge in [0.15, 0.2) is 0 Å². The average Bonchev–Trinajstić information content (AvgIpc) is 2.01. The van der Waals surface area contributed by atoms with Crippen molar-refractivity contribution in [2.45, 2.75) is 24.0 Å². The Morgan fingerprint density at radius 1 is 1.50 bits per heavy atom. The van der Waals surface area contributed by atoms with Crippen LogP contribution < -0.4 is 5.73 Å². The van der Waals surface area contributed by atoms with Crippen LogP contribution in [-0.2, 0) is 0 Å². The number of nitrogen functional groups attached to an aromatic ring is 1. The lowest BCUT2D eigenvalue weighted by molar-refractivity contribution is 1.11. The van der Waals surface area contributed by atoms with Gasteiger partial charge in [-0.05, 0) is 18.2 Å². The van der Waals surface area contributed by atoms with Gasteiger partial charge in [-0.3, -0.25) is 5.41 Å². The highest BCUT2D eigenvalue weighted by Gasteiger charge is 2.08. The predicted octanol–water partition coefficient (Wildman–Crippen LogP) is 3.12. The fraction of sp³-hybridized carbons (Fsp3) is 0.300. The van der Waals surface area contributed by atoms with E-state index >= 15 is 0 Å². The van der Waals surface area contributed by atoms with Crippen molar-refractivity contribution in [3.63, 3.8) is 0 Å². The number of nitrogens with two attached hydrogens (primary N) is 1. The molecule has 0 bridgehead atoms. The van der Waals surface area contributed by atoms with Crippen LogP contribution in [0.25, 0.3) is 0 Å². The second-order valence-corrected chi connectivity index (χ2v) is 5.28. The van der Waals surface area contributed by atoms with Crippen molar-refractivity contribution in [2.24, 2.45) is 5.73 Å².